The van der Waals surface area contributed by atoms with Crippen LogP contribution in [0.5, 0.6) is 11.5 Å². The van der Waals surface area contributed by atoms with Gasteiger partial charge in [0.05, 0.1) is 6.54 Å². The van der Waals surface area contributed by atoms with Crippen molar-refractivity contribution < 1.29 is 14.3 Å². The molecule has 1 amide bonds. The van der Waals surface area contributed by atoms with Gasteiger partial charge in [0.2, 0.25) is 5.91 Å². The van der Waals surface area contributed by atoms with Crippen molar-refractivity contribution in [3.63, 3.8) is 0 Å². The van der Waals surface area contributed by atoms with Gasteiger partial charge in [-0.3, -0.25) is 4.79 Å². The molecule has 0 radical (unpaired) electrons. The Balaban J connectivity index is 1.54. The highest BCUT2D eigenvalue weighted by molar-refractivity contribution is 5.81. The minimum Gasteiger partial charge on any atom is -0.486 e. The molecular formula is C15H21N3O3. The number of ether oxygens (including phenoxy) is 2. The first-order valence-corrected chi connectivity index (χ1v) is 7.32. The molecule has 3 rings (SSSR count). The Morgan fingerprint density at radius 3 is 2.62 bits per heavy atom. The fraction of sp³-hybridized carbons (Fsp3) is 0.533. The van der Waals surface area contributed by atoms with Gasteiger partial charge < -0.3 is 24.6 Å². The highest BCUT2D eigenvalue weighted by Gasteiger charge is 2.19. The minimum atomic E-state index is 0.137. The number of anilines is 1. The van der Waals surface area contributed by atoms with Crippen LogP contribution in [0.4, 0.5) is 5.69 Å². The summed E-state index contributed by atoms with van der Waals surface area (Å²) in [5, 5.41) is 3.16. The van der Waals surface area contributed by atoms with Gasteiger partial charge in [-0.05, 0) is 19.2 Å². The number of rotatable bonds is 3. The lowest BCUT2D eigenvalue weighted by Crippen LogP contribution is -2.48. The fourth-order valence-electron chi connectivity index (χ4n) is 2.50. The van der Waals surface area contributed by atoms with Crippen molar-refractivity contribution in [1.82, 2.24) is 9.80 Å². The monoisotopic (exact) mass is 291 g/mol. The van der Waals surface area contributed by atoms with Crippen molar-refractivity contribution >= 4 is 11.6 Å². The van der Waals surface area contributed by atoms with E-state index in [0.29, 0.717) is 19.8 Å². The first kappa shape index (κ1) is 14.0. The van der Waals surface area contributed by atoms with E-state index in [4.69, 9.17) is 9.47 Å². The molecule has 6 heteroatoms. The number of hydrogen-bond donors (Lipinski definition) is 1. The summed E-state index contributed by atoms with van der Waals surface area (Å²) in [6.07, 6.45) is 0. The fourth-order valence-corrected chi connectivity index (χ4v) is 2.50. The van der Waals surface area contributed by atoms with Gasteiger partial charge in [0.1, 0.15) is 13.2 Å². The van der Waals surface area contributed by atoms with Crippen LogP contribution in [0.2, 0.25) is 0 Å². The largest absolute Gasteiger partial charge is 0.486 e. The summed E-state index contributed by atoms with van der Waals surface area (Å²) >= 11 is 0. The lowest BCUT2D eigenvalue weighted by atomic mass is 10.2. The molecule has 114 valence electrons. The number of benzene rings is 1. The summed E-state index contributed by atoms with van der Waals surface area (Å²) in [6.45, 7) is 4.95. The van der Waals surface area contributed by atoms with Crippen LogP contribution in [0.15, 0.2) is 18.2 Å². The zero-order valence-electron chi connectivity index (χ0n) is 12.3. The molecule has 0 atom stereocenters. The maximum absolute atomic E-state index is 12.2. The second-order valence-electron chi connectivity index (χ2n) is 5.40. The van der Waals surface area contributed by atoms with E-state index in [2.05, 4.69) is 17.3 Å². The molecule has 2 aliphatic heterocycles. The number of hydrogen-bond acceptors (Lipinski definition) is 5. The second kappa shape index (κ2) is 6.22. The first-order chi connectivity index (χ1) is 10.2. The van der Waals surface area contributed by atoms with E-state index >= 15 is 0 Å². The third kappa shape index (κ3) is 3.39. The smallest absolute Gasteiger partial charge is 0.241 e. The Labute approximate surface area is 124 Å². The van der Waals surface area contributed by atoms with Crippen molar-refractivity contribution in [3.05, 3.63) is 18.2 Å². The zero-order valence-corrected chi connectivity index (χ0v) is 12.3. The average molecular weight is 291 g/mol. The van der Waals surface area contributed by atoms with Gasteiger partial charge in [-0.15, -0.1) is 0 Å². The molecule has 2 heterocycles. The third-order valence-electron chi connectivity index (χ3n) is 3.84. The molecule has 0 bridgehead atoms. The van der Waals surface area contributed by atoms with Gasteiger partial charge in [-0.25, -0.2) is 0 Å². The third-order valence-corrected chi connectivity index (χ3v) is 3.84. The highest BCUT2D eigenvalue weighted by atomic mass is 16.6. The molecule has 0 spiro atoms. The number of amides is 1. The molecule has 0 aliphatic carbocycles. The Hall–Kier alpha value is -1.95. The summed E-state index contributed by atoms with van der Waals surface area (Å²) in [5.41, 5.74) is 0.877. The Kier molecular flexibility index (Phi) is 4.15. The van der Waals surface area contributed by atoms with Gasteiger partial charge in [0.25, 0.3) is 0 Å². The molecule has 1 N–H and O–H groups in total. The van der Waals surface area contributed by atoms with Crippen molar-refractivity contribution in [3.8, 4) is 11.5 Å². The highest BCUT2D eigenvalue weighted by Crippen LogP contribution is 2.32. The second-order valence-corrected chi connectivity index (χ2v) is 5.40. The SMILES string of the molecule is CN1CCN(C(=O)CNc2ccc3c(c2)OCCO3)CC1. The molecule has 0 saturated carbocycles. The van der Waals surface area contributed by atoms with E-state index in [1.807, 2.05) is 23.1 Å². The lowest BCUT2D eigenvalue weighted by Gasteiger charge is -2.32. The van der Waals surface area contributed by atoms with E-state index in [9.17, 15) is 4.79 Å². The molecule has 1 aromatic rings. The number of carbonyl (C=O) groups is 1. The number of nitrogens with zero attached hydrogens (tertiary/aromatic N) is 2. The van der Waals surface area contributed by atoms with Crippen LogP contribution < -0.4 is 14.8 Å². The van der Waals surface area contributed by atoms with Crippen LogP contribution in [0, 0.1) is 0 Å². The van der Waals surface area contributed by atoms with Crippen molar-refractivity contribution in [2.75, 3.05) is 58.3 Å². The number of carbonyl (C=O) groups excluding carboxylic acids is 1. The van der Waals surface area contributed by atoms with Crippen LogP contribution in [0.1, 0.15) is 0 Å². The number of likely N-dealkylation sites (N-methyl/N-ethyl adjacent to an activating group) is 1. The zero-order chi connectivity index (χ0) is 14.7. The van der Waals surface area contributed by atoms with Gasteiger partial charge in [0, 0.05) is 37.9 Å². The van der Waals surface area contributed by atoms with Gasteiger partial charge in [-0.2, -0.15) is 0 Å². The van der Waals surface area contributed by atoms with Gasteiger partial charge in [-0.1, -0.05) is 0 Å². The number of fused-ring (bicyclic) bond motifs is 1. The molecule has 2 aliphatic rings. The van der Waals surface area contributed by atoms with Crippen molar-refractivity contribution in [2.24, 2.45) is 0 Å². The average Bonchev–Trinajstić information content (AvgIpc) is 2.53. The molecule has 1 aromatic carbocycles. The van der Waals surface area contributed by atoms with Crippen LogP contribution in [0.3, 0.4) is 0 Å². The topological polar surface area (TPSA) is 54.0 Å². The predicted octanol–water partition coefficient (Wildman–Crippen LogP) is 0.644. The Bertz CT molecular complexity index is 513. The van der Waals surface area contributed by atoms with E-state index in [-0.39, 0.29) is 5.91 Å². The quantitative estimate of drug-likeness (QED) is 0.886. The summed E-state index contributed by atoms with van der Waals surface area (Å²) in [4.78, 5) is 16.3. The normalized spacial score (nSPS) is 18.4. The van der Waals surface area contributed by atoms with Crippen LogP contribution in [0.25, 0.3) is 0 Å². The molecule has 1 fully saturated rings. The van der Waals surface area contributed by atoms with E-state index in [1.165, 1.54) is 0 Å². The lowest BCUT2D eigenvalue weighted by molar-refractivity contribution is -0.130. The van der Waals surface area contributed by atoms with E-state index < -0.39 is 0 Å². The number of piperazine rings is 1. The Morgan fingerprint density at radius 2 is 1.86 bits per heavy atom. The molecule has 0 aromatic heterocycles. The van der Waals surface area contributed by atoms with E-state index in [1.54, 1.807) is 0 Å². The van der Waals surface area contributed by atoms with Crippen molar-refractivity contribution in [2.45, 2.75) is 0 Å². The summed E-state index contributed by atoms with van der Waals surface area (Å²) in [7, 11) is 2.08. The van der Waals surface area contributed by atoms with Gasteiger partial charge >= 0.3 is 0 Å². The van der Waals surface area contributed by atoms with Crippen LogP contribution >= 0.6 is 0 Å². The summed E-state index contributed by atoms with van der Waals surface area (Å²) < 4.78 is 11.0. The first-order valence-electron chi connectivity index (χ1n) is 7.32. The van der Waals surface area contributed by atoms with Crippen molar-refractivity contribution in [1.29, 1.82) is 0 Å². The number of nitrogens with one attached hydrogen (secondary N) is 1. The standard InChI is InChI=1S/C15H21N3O3/c1-17-4-6-18(7-5-17)15(19)11-16-12-2-3-13-14(10-12)21-9-8-20-13/h2-3,10,16H,4-9,11H2,1H3. The molecule has 21 heavy (non-hydrogen) atoms. The predicted molar refractivity (Wildman–Crippen MR) is 80.0 cm³/mol. The molecular weight excluding hydrogens is 270 g/mol. The Morgan fingerprint density at radius 1 is 1.14 bits per heavy atom. The minimum absolute atomic E-state index is 0.137. The van der Waals surface area contributed by atoms with Gasteiger partial charge in [0.15, 0.2) is 11.5 Å². The molecule has 6 nitrogen and oxygen atoms in total. The van der Waals surface area contributed by atoms with Crippen LogP contribution in [-0.2, 0) is 4.79 Å². The molecule has 1 saturated heterocycles. The summed E-state index contributed by atoms with van der Waals surface area (Å²) in [6, 6.07) is 5.66. The van der Waals surface area contributed by atoms with Crippen LogP contribution in [-0.4, -0.2) is 68.7 Å². The maximum Gasteiger partial charge on any atom is 0.241 e. The molecule has 0 unspecified atom stereocenters. The summed E-state index contributed by atoms with van der Waals surface area (Å²) in [5.74, 6) is 1.63. The van der Waals surface area contributed by atoms with E-state index in [0.717, 1.165) is 43.4 Å². The maximum atomic E-state index is 12.2.